The SMILES string of the molecule is C#Cc1ccc(COC(=C)/C=C\CC)cc1. The summed E-state index contributed by atoms with van der Waals surface area (Å²) in [7, 11) is 0. The summed E-state index contributed by atoms with van der Waals surface area (Å²) in [5.41, 5.74) is 1.97. The highest BCUT2D eigenvalue weighted by atomic mass is 16.5. The topological polar surface area (TPSA) is 9.23 Å². The van der Waals surface area contributed by atoms with E-state index in [0.717, 1.165) is 17.5 Å². The molecule has 1 aromatic rings. The summed E-state index contributed by atoms with van der Waals surface area (Å²) < 4.78 is 5.47. The van der Waals surface area contributed by atoms with Crippen molar-refractivity contribution in [2.45, 2.75) is 20.0 Å². The van der Waals surface area contributed by atoms with Gasteiger partial charge in [-0.25, -0.2) is 0 Å². The van der Waals surface area contributed by atoms with Crippen LogP contribution in [0.2, 0.25) is 0 Å². The summed E-state index contributed by atoms with van der Waals surface area (Å²) in [6, 6.07) is 7.74. The summed E-state index contributed by atoms with van der Waals surface area (Å²) in [6.45, 7) is 6.40. The maximum Gasteiger partial charge on any atom is 0.113 e. The van der Waals surface area contributed by atoms with E-state index in [-0.39, 0.29) is 0 Å². The van der Waals surface area contributed by atoms with Crippen molar-refractivity contribution in [2.24, 2.45) is 0 Å². The van der Waals surface area contributed by atoms with E-state index in [9.17, 15) is 0 Å². The summed E-state index contributed by atoms with van der Waals surface area (Å²) in [6.07, 6.45) is 10.2. The standard InChI is InChI=1S/C15H16O/c1-4-6-7-13(3)16-12-15-10-8-14(5-2)9-11-15/h2,6-11H,3-4,12H2,1H3/b7-6-. The van der Waals surface area contributed by atoms with Gasteiger partial charge in [-0.3, -0.25) is 0 Å². The van der Waals surface area contributed by atoms with Crippen LogP contribution in [0.1, 0.15) is 24.5 Å². The third kappa shape index (κ3) is 4.06. The van der Waals surface area contributed by atoms with E-state index in [1.54, 1.807) is 0 Å². The van der Waals surface area contributed by atoms with E-state index in [0.29, 0.717) is 12.4 Å². The van der Waals surface area contributed by atoms with E-state index in [1.165, 1.54) is 0 Å². The largest absolute Gasteiger partial charge is 0.490 e. The first-order valence-electron chi connectivity index (χ1n) is 5.30. The van der Waals surface area contributed by atoms with Crippen molar-refractivity contribution in [2.75, 3.05) is 0 Å². The fourth-order valence-corrected chi connectivity index (χ4v) is 1.17. The Labute approximate surface area is 97.4 Å². The molecule has 1 rings (SSSR count). The summed E-state index contributed by atoms with van der Waals surface area (Å²) >= 11 is 0. The summed E-state index contributed by atoms with van der Waals surface area (Å²) in [5, 5.41) is 0. The zero-order chi connectivity index (χ0) is 11.8. The van der Waals surface area contributed by atoms with Crippen molar-refractivity contribution in [1.29, 1.82) is 0 Å². The molecule has 0 aliphatic heterocycles. The van der Waals surface area contributed by atoms with Crippen LogP contribution in [0.4, 0.5) is 0 Å². The zero-order valence-electron chi connectivity index (χ0n) is 9.57. The monoisotopic (exact) mass is 212 g/mol. The van der Waals surface area contributed by atoms with Crippen molar-refractivity contribution in [3.8, 4) is 12.3 Å². The molecule has 0 unspecified atom stereocenters. The fraction of sp³-hybridized carbons (Fsp3) is 0.200. The van der Waals surface area contributed by atoms with Crippen LogP contribution >= 0.6 is 0 Å². The van der Waals surface area contributed by atoms with Crippen molar-refractivity contribution in [3.05, 3.63) is 59.9 Å². The predicted molar refractivity (Wildman–Crippen MR) is 67.7 cm³/mol. The Balaban J connectivity index is 2.46. The Morgan fingerprint density at radius 1 is 1.44 bits per heavy atom. The van der Waals surface area contributed by atoms with Gasteiger partial charge in [-0.05, 0) is 30.2 Å². The van der Waals surface area contributed by atoms with Crippen LogP contribution < -0.4 is 0 Å². The smallest absolute Gasteiger partial charge is 0.113 e. The van der Waals surface area contributed by atoms with Crippen molar-refractivity contribution in [3.63, 3.8) is 0 Å². The molecular formula is C15H16O. The van der Waals surface area contributed by atoms with Gasteiger partial charge in [0.2, 0.25) is 0 Å². The number of hydrogen-bond donors (Lipinski definition) is 0. The Morgan fingerprint density at radius 2 is 2.12 bits per heavy atom. The predicted octanol–water partition coefficient (Wildman–Crippen LogP) is 3.66. The zero-order valence-corrected chi connectivity index (χ0v) is 9.57. The van der Waals surface area contributed by atoms with E-state index >= 15 is 0 Å². The lowest BCUT2D eigenvalue weighted by Crippen LogP contribution is -1.90. The van der Waals surface area contributed by atoms with Crippen LogP contribution in [0.15, 0.2) is 48.8 Å². The molecule has 0 radical (unpaired) electrons. The Bertz CT molecular complexity index is 404. The first kappa shape index (κ1) is 12.1. The van der Waals surface area contributed by atoms with Crippen LogP contribution in [0, 0.1) is 12.3 Å². The second-order valence-corrected chi connectivity index (χ2v) is 3.41. The van der Waals surface area contributed by atoms with Crippen LogP contribution in [0.3, 0.4) is 0 Å². The molecule has 82 valence electrons. The van der Waals surface area contributed by atoms with E-state index in [1.807, 2.05) is 36.4 Å². The molecule has 0 fully saturated rings. The second-order valence-electron chi connectivity index (χ2n) is 3.41. The van der Waals surface area contributed by atoms with Gasteiger partial charge in [-0.15, -0.1) is 6.42 Å². The van der Waals surface area contributed by atoms with Gasteiger partial charge in [0, 0.05) is 5.56 Å². The van der Waals surface area contributed by atoms with Crippen LogP contribution in [0.5, 0.6) is 0 Å². The normalized spacial score (nSPS) is 10.0. The van der Waals surface area contributed by atoms with Gasteiger partial charge in [-0.1, -0.05) is 37.6 Å². The molecule has 0 bridgehead atoms. The minimum Gasteiger partial charge on any atom is -0.490 e. The number of hydrogen-bond acceptors (Lipinski definition) is 1. The minimum atomic E-state index is 0.526. The van der Waals surface area contributed by atoms with Gasteiger partial charge in [-0.2, -0.15) is 0 Å². The van der Waals surface area contributed by atoms with Crippen molar-refractivity contribution in [1.82, 2.24) is 0 Å². The lowest BCUT2D eigenvalue weighted by Gasteiger charge is -2.05. The van der Waals surface area contributed by atoms with Gasteiger partial charge < -0.3 is 4.74 Å². The molecular weight excluding hydrogens is 196 g/mol. The van der Waals surface area contributed by atoms with Gasteiger partial charge >= 0.3 is 0 Å². The number of terminal acetylenes is 1. The average molecular weight is 212 g/mol. The molecule has 0 aliphatic rings. The lowest BCUT2D eigenvalue weighted by molar-refractivity contribution is 0.212. The molecule has 1 aromatic carbocycles. The number of rotatable bonds is 5. The van der Waals surface area contributed by atoms with Crippen LogP contribution in [-0.4, -0.2) is 0 Å². The lowest BCUT2D eigenvalue weighted by atomic mass is 10.1. The summed E-state index contributed by atoms with van der Waals surface area (Å²) in [4.78, 5) is 0. The third-order valence-electron chi connectivity index (χ3n) is 2.08. The number of benzene rings is 1. The molecule has 0 amide bonds. The molecule has 0 spiro atoms. The van der Waals surface area contributed by atoms with E-state index in [2.05, 4.69) is 19.4 Å². The van der Waals surface area contributed by atoms with Crippen LogP contribution in [0.25, 0.3) is 0 Å². The number of ether oxygens (including phenoxy) is 1. The summed E-state index contributed by atoms with van der Waals surface area (Å²) in [5.74, 6) is 3.26. The molecule has 0 aromatic heterocycles. The Morgan fingerprint density at radius 3 is 2.69 bits per heavy atom. The molecule has 0 saturated heterocycles. The molecule has 0 atom stereocenters. The van der Waals surface area contributed by atoms with E-state index < -0.39 is 0 Å². The Hall–Kier alpha value is -1.94. The maximum absolute atomic E-state index is 5.47. The first-order chi connectivity index (χ1) is 7.76. The first-order valence-corrected chi connectivity index (χ1v) is 5.30. The fourth-order valence-electron chi connectivity index (χ4n) is 1.17. The van der Waals surface area contributed by atoms with Gasteiger partial charge in [0.05, 0.1) is 0 Å². The molecule has 0 aliphatic carbocycles. The molecule has 1 nitrogen and oxygen atoms in total. The van der Waals surface area contributed by atoms with Gasteiger partial charge in [0.1, 0.15) is 12.4 Å². The van der Waals surface area contributed by atoms with E-state index in [4.69, 9.17) is 11.2 Å². The average Bonchev–Trinajstić information content (AvgIpc) is 2.34. The van der Waals surface area contributed by atoms with Crippen LogP contribution in [-0.2, 0) is 11.3 Å². The molecule has 0 saturated carbocycles. The highest BCUT2D eigenvalue weighted by Gasteiger charge is 1.94. The maximum atomic E-state index is 5.47. The molecule has 1 heteroatoms. The molecule has 0 heterocycles. The van der Waals surface area contributed by atoms with Gasteiger partial charge in [0.15, 0.2) is 0 Å². The quantitative estimate of drug-likeness (QED) is 0.411. The second kappa shape index (κ2) is 6.53. The van der Waals surface area contributed by atoms with Crippen molar-refractivity contribution < 1.29 is 4.74 Å². The third-order valence-corrected chi connectivity index (χ3v) is 2.08. The molecule has 0 N–H and O–H groups in total. The highest BCUT2D eigenvalue weighted by molar-refractivity contribution is 5.34. The molecule has 16 heavy (non-hydrogen) atoms. The van der Waals surface area contributed by atoms with Gasteiger partial charge in [0.25, 0.3) is 0 Å². The minimum absolute atomic E-state index is 0.526. The highest BCUT2D eigenvalue weighted by Crippen LogP contribution is 2.07. The number of allylic oxidation sites excluding steroid dienone is 2. The Kier molecular flexibility index (Phi) is 4.95. The van der Waals surface area contributed by atoms with Crippen molar-refractivity contribution >= 4 is 0 Å².